The molecule has 2 N–H and O–H groups in total. The van der Waals surface area contributed by atoms with Crippen molar-refractivity contribution in [2.24, 2.45) is 5.41 Å². The van der Waals surface area contributed by atoms with Gasteiger partial charge < -0.3 is 10.4 Å². The Morgan fingerprint density at radius 1 is 1.67 bits per heavy atom. The van der Waals surface area contributed by atoms with E-state index >= 15 is 0 Å². The van der Waals surface area contributed by atoms with Crippen molar-refractivity contribution in [3.05, 3.63) is 12.7 Å². The topological polar surface area (TPSA) is 49.3 Å². The maximum absolute atomic E-state index is 10.8. The minimum Gasteiger partial charge on any atom is -0.396 e. The first kappa shape index (κ1) is 11.2. The highest BCUT2D eigenvalue weighted by atomic mass is 16.3. The van der Waals surface area contributed by atoms with E-state index in [4.69, 9.17) is 5.11 Å². The monoisotopic (exact) mass is 171 g/mol. The molecule has 0 saturated carbocycles. The summed E-state index contributed by atoms with van der Waals surface area (Å²) in [7, 11) is 0. The van der Waals surface area contributed by atoms with E-state index in [0.29, 0.717) is 13.0 Å². The standard InChI is InChI=1S/C9H17NO2/c1-4-8(12)10-7-9(2,3)5-6-11/h4,11H,1,5-7H2,2-3H3,(H,10,12). The number of aliphatic hydroxyl groups is 1. The molecule has 0 aliphatic carbocycles. The van der Waals surface area contributed by atoms with Gasteiger partial charge in [-0.2, -0.15) is 0 Å². The molecule has 0 fully saturated rings. The lowest BCUT2D eigenvalue weighted by atomic mass is 9.90. The summed E-state index contributed by atoms with van der Waals surface area (Å²) < 4.78 is 0. The molecule has 0 saturated heterocycles. The second-order valence-electron chi connectivity index (χ2n) is 3.56. The van der Waals surface area contributed by atoms with Crippen LogP contribution < -0.4 is 5.32 Å². The zero-order valence-electron chi connectivity index (χ0n) is 7.76. The molecule has 1 amide bonds. The van der Waals surface area contributed by atoms with Crippen LogP contribution in [0.1, 0.15) is 20.3 Å². The van der Waals surface area contributed by atoms with E-state index in [0.717, 1.165) is 0 Å². The van der Waals surface area contributed by atoms with Crippen molar-refractivity contribution in [1.82, 2.24) is 5.32 Å². The third-order valence-corrected chi connectivity index (χ3v) is 1.72. The minimum absolute atomic E-state index is 0.0482. The van der Waals surface area contributed by atoms with Gasteiger partial charge in [0.2, 0.25) is 5.91 Å². The molecule has 0 aromatic rings. The van der Waals surface area contributed by atoms with Crippen molar-refractivity contribution in [2.75, 3.05) is 13.2 Å². The average molecular weight is 171 g/mol. The average Bonchev–Trinajstić information content (AvgIpc) is 2.00. The van der Waals surface area contributed by atoms with Gasteiger partial charge in [-0.05, 0) is 17.9 Å². The van der Waals surface area contributed by atoms with Crippen LogP contribution in [0.15, 0.2) is 12.7 Å². The van der Waals surface area contributed by atoms with Gasteiger partial charge in [0.1, 0.15) is 0 Å². The first-order chi connectivity index (χ1) is 5.52. The third kappa shape index (κ3) is 4.91. The number of amides is 1. The van der Waals surface area contributed by atoms with Gasteiger partial charge in [-0.1, -0.05) is 20.4 Å². The summed E-state index contributed by atoms with van der Waals surface area (Å²) in [5, 5.41) is 11.4. The molecule has 70 valence electrons. The lowest BCUT2D eigenvalue weighted by molar-refractivity contribution is -0.116. The van der Waals surface area contributed by atoms with E-state index in [1.54, 1.807) is 0 Å². The highest BCUT2D eigenvalue weighted by Gasteiger charge is 2.16. The largest absolute Gasteiger partial charge is 0.396 e. The second-order valence-corrected chi connectivity index (χ2v) is 3.56. The molecule has 0 rings (SSSR count). The molecule has 0 spiro atoms. The van der Waals surface area contributed by atoms with Crippen LogP contribution in [-0.2, 0) is 4.79 Å². The molecule has 0 unspecified atom stereocenters. The summed E-state index contributed by atoms with van der Waals surface area (Å²) in [6.07, 6.45) is 1.93. The number of rotatable bonds is 5. The van der Waals surface area contributed by atoms with Gasteiger partial charge >= 0.3 is 0 Å². The lowest BCUT2D eigenvalue weighted by Crippen LogP contribution is -2.33. The Hall–Kier alpha value is -0.830. The summed E-state index contributed by atoms with van der Waals surface area (Å²) >= 11 is 0. The molecule has 0 aromatic heterocycles. The molecular weight excluding hydrogens is 154 g/mol. The molecule has 0 radical (unpaired) electrons. The highest BCUT2D eigenvalue weighted by molar-refractivity contribution is 5.86. The van der Waals surface area contributed by atoms with E-state index in [-0.39, 0.29) is 17.9 Å². The summed E-state index contributed by atoms with van der Waals surface area (Å²) in [4.78, 5) is 10.8. The maximum Gasteiger partial charge on any atom is 0.243 e. The smallest absolute Gasteiger partial charge is 0.243 e. The zero-order valence-corrected chi connectivity index (χ0v) is 7.76. The first-order valence-corrected chi connectivity index (χ1v) is 4.03. The lowest BCUT2D eigenvalue weighted by Gasteiger charge is -2.23. The molecule has 0 aliphatic heterocycles. The number of aliphatic hydroxyl groups excluding tert-OH is 1. The van der Waals surface area contributed by atoms with Crippen LogP contribution in [0.25, 0.3) is 0 Å². The Morgan fingerprint density at radius 3 is 2.67 bits per heavy atom. The summed E-state index contributed by atoms with van der Waals surface area (Å²) in [5.74, 6) is -0.166. The number of nitrogens with one attached hydrogen (secondary N) is 1. The van der Waals surface area contributed by atoms with Crippen LogP contribution in [0, 0.1) is 5.41 Å². The van der Waals surface area contributed by atoms with Crippen molar-refractivity contribution in [1.29, 1.82) is 0 Å². The van der Waals surface area contributed by atoms with E-state index < -0.39 is 0 Å². The van der Waals surface area contributed by atoms with E-state index in [1.165, 1.54) is 6.08 Å². The van der Waals surface area contributed by atoms with Crippen molar-refractivity contribution < 1.29 is 9.90 Å². The maximum atomic E-state index is 10.8. The number of hydrogen-bond acceptors (Lipinski definition) is 2. The number of carbonyl (C=O) groups is 1. The van der Waals surface area contributed by atoms with Gasteiger partial charge in [-0.15, -0.1) is 0 Å². The van der Waals surface area contributed by atoms with Crippen molar-refractivity contribution in [3.8, 4) is 0 Å². The van der Waals surface area contributed by atoms with Crippen molar-refractivity contribution >= 4 is 5.91 Å². The van der Waals surface area contributed by atoms with Gasteiger partial charge in [-0.25, -0.2) is 0 Å². The van der Waals surface area contributed by atoms with Gasteiger partial charge in [-0.3, -0.25) is 4.79 Å². The molecule has 3 nitrogen and oxygen atoms in total. The van der Waals surface area contributed by atoms with E-state index in [2.05, 4.69) is 11.9 Å². The Labute approximate surface area is 73.5 Å². The van der Waals surface area contributed by atoms with Crippen molar-refractivity contribution in [3.63, 3.8) is 0 Å². The highest BCUT2D eigenvalue weighted by Crippen LogP contribution is 2.17. The molecule has 3 heteroatoms. The number of carbonyl (C=O) groups excluding carboxylic acids is 1. The van der Waals surface area contributed by atoms with Crippen LogP contribution in [0.2, 0.25) is 0 Å². The molecule has 0 aliphatic rings. The van der Waals surface area contributed by atoms with Crippen LogP contribution in [0.5, 0.6) is 0 Å². The summed E-state index contributed by atoms with van der Waals surface area (Å²) in [6.45, 7) is 8.05. The normalized spacial score (nSPS) is 10.9. The minimum atomic E-state index is -0.166. The molecule has 0 aromatic carbocycles. The third-order valence-electron chi connectivity index (χ3n) is 1.72. The van der Waals surface area contributed by atoms with Crippen LogP contribution in [0.4, 0.5) is 0 Å². The van der Waals surface area contributed by atoms with Gasteiger partial charge in [0.25, 0.3) is 0 Å². The van der Waals surface area contributed by atoms with Crippen LogP contribution in [0.3, 0.4) is 0 Å². The second kappa shape index (κ2) is 4.93. The quantitative estimate of drug-likeness (QED) is 0.598. The first-order valence-electron chi connectivity index (χ1n) is 4.03. The number of hydrogen-bond donors (Lipinski definition) is 2. The van der Waals surface area contributed by atoms with Crippen molar-refractivity contribution in [2.45, 2.75) is 20.3 Å². The Bertz CT molecular complexity index is 164. The van der Waals surface area contributed by atoms with E-state index in [9.17, 15) is 4.79 Å². The fraction of sp³-hybridized carbons (Fsp3) is 0.667. The van der Waals surface area contributed by atoms with Gasteiger partial charge in [0.15, 0.2) is 0 Å². The predicted octanol–water partition coefficient (Wildman–Crippen LogP) is 0.697. The summed E-state index contributed by atoms with van der Waals surface area (Å²) in [5.41, 5.74) is -0.0482. The Morgan fingerprint density at radius 2 is 2.25 bits per heavy atom. The zero-order chi connectivity index (χ0) is 9.61. The molecule has 12 heavy (non-hydrogen) atoms. The van der Waals surface area contributed by atoms with Gasteiger partial charge in [0, 0.05) is 13.2 Å². The molecular formula is C9H17NO2. The fourth-order valence-electron chi connectivity index (χ4n) is 0.790. The Kier molecular flexibility index (Phi) is 4.59. The summed E-state index contributed by atoms with van der Waals surface area (Å²) in [6, 6.07) is 0. The predicted molar refractivity (Wildman–Crippen MR) is 48.7 cm³/mol. The van der Waals surface area contributed by atoms with Gasteiger partial charge in [0.05, 0.1) is 0 Å². The van der Waals surface area contributed by atoms with E-state index in [1.807, 2.05) is 13.8 Å². The molecule has 0 bridgehead atoms. The molecule has 0 heterocycles. The molecule has 0 atom stereocenters. The van der Waals surface area contributed by atoms with Crippen LogP contribution >= 0.6 is 0 Å². The SMILES string of the molecule is C=CC(=O)NCC(C)(C)CCO. The fourth-order valence-corrected chi connectivity index (χ4v) is 0.790. The van der Waals surface area contributed by atoms with Crippen LogP contribution in [-0.4, -0.2) is 24.2 Å². The Balaban J connectivity index is 3.74.